The minimum atomic E-state index is -0.244. The third-order valence-corrected chi connectivity index (χ3v) is 4.13. The number of methoxy groups -OCH3 is 1. The highest BCUT2D eigenvalue weighted by Gasteiger charge is 2.09. The molecule has 1 rings (SSSR count). The van der Waals surface area contributed by atoms with Crippen LogP contribution in [0.25, 0.3) is 0 Å². The van der Waals surface area contributed by atoms with Crippen molar-refractivity contribution in [2.75, 3.05) is 26.5 Å². The van der Waals surface area contributed by atoms with E-state index >= 15 is 0 Å². The summed E-state index contributed by atoms with van der Waals surface area (Å²) >= 11 is 7.46. The summed E-state index contributed by atoms with van der Waals surface area (Å²) in [5, 5.41) is 0.708. The SMILES string of the molecule is COC(=O)CCCN(C)C(=O)CSCc1cccc(Cl)c1. The first-order valence-electron chi connectivity index (χ1n) is 6.66. The molecule has 0 bridgehead atoms. The third kappa shape index (κ3) is 7.39. The Morgan fingerprint density at radius 2 is 2.14 bits per heavy atom. The molecule has 1 aromatic carbocycles. The second-order valence-corrected chi connectivity index (χ2v) is 6.04. The summed E-state index contributed by atoms with van der Waals surface area (Å²) in [6.45, 7) is 0.561. The van der Waals surface area contributed by atoms with Crippen LogP contribution in [0.3, 0.4) is 0 Å². The molecule has 0 heterocycles. The van der Waals surface area contributed by atoms with Crippen molar-refractivity contribution in [3.05, 3.63) is 34.9 Å². The van der Waals surface area contributed by atoms with Gasteiger partial charge in [0.1, 0.15) is 0 Å². The number of carbonyl (C=O) groups excluding carboxylic acids is 2. The number of rotatable bonds is 8. The zero-order valence-electron chi connectivity index (χ0n) is 12.3. The van der Waals surface area contributed by atoms with Crippen molar-refractivity contribution in [3.8, 4) is 0 Å². The Morgan fingerprint density at radius 3 is 2.81 bits per heavy atom. The Labute approximate surface area is 134 Å². The molecule has 0 unspecified atom stereocenters. The first kappa shape index (κ1) is 17.9. The van der Waals surface area contributed by atoms with Crippen molar-refractivity contribution >= 4 is 35.2 Å². The molecule has 21 heavy (non-hydrogen) atoms. The highest BCUT2D eigenvalue weighted by Crippen LogP contribution is 2.16. The fourth-order valence-corrected chi connectivity index (χ4v) is 2.81. The maximum Gasteiger partial charge on any atom is 0.305 e. The van der Waals surface area contributed by atoms with Crippen LogP contribution in [0.2, 0.25) is 5.02 Å². The number of amides is 1. The van der Waals surface area contributed by atoms with E-state index in [4.69, 9.17) is 11.6 Å². The number of thioether (sulfide) groups is 1. The molecule has 0 N–H and O–H groups in total. The van der Waals surface area contributed by atoms with E-state index in [1.807, 2.05) is 24.3 Å². The van der Waals surface area contributed by atoms with Gasteiger partial charge in [-0.05, 0) is 24.1 Å². The van der Waals surface area contributed by atoms with Crippen LogP contribution in [-0.2, 0) is 20.1 Å². The number of carbonyl (C=O) groups is 2. The molecular formula is C15H20ClNO3S. The lowest BCUT2D eigenvalue weighted by Gasteiger charge is -2.16. The second-order valence-electron chi connectivity index (χ2n) is 4.62. The number of hydrogen-bond donors (Lipinski definition) is 0. The predicted octanol–water partition coefficient (Wildman–Crippen LogP) is 2.98. The van der Waals surface area contributed by atoms with Crippen LogP contribution < -0.4 is 0 Å². The van der Waals surface area contributed by atoms with Gasteiger partial charge in [-0.15, -0.1) is 11.8 Å². The Bertz CT molecular complexity index is 482. The monoisotopic (exact) mass is 329 g/mol. The van der Waals surface area contributed by atoms with Crippen molar-refractivity contribution in [1.82, 2.24) is 4.90 Å². The van der Waals surface area contributed by atoms with Gasteiger partial charge in [0.05, 0.1) is 12.9 Å². The zero-order chi connectivity index (χ0) is 15.7. The molecule has 0 fully saturated rings. The van der Waals surface area contributed by atoms with Crippen LogP contribution in [0.15, 0.2) is 24.3 Å². The number of nitrogens with zero attached hydrogens (tertiary/aromatic N) is 1. The topological polar surface area (TPSA) is 46.6 Å². The minimum Gasteiger partial charge on any atom is -0.469 e. The number of hydrogen-bond acceptors (Lipinski definition) is 4. The average Bonchev–Trinajstić information content (AvgIpc) is 2.46. The first-order valence-corrected chi connectivity index (χ1v) is 8.19. The van der Waals surface area contributed by atoms with Crippen molar-refractivity contribution in [2.45, 2.75) is 18.6 Å². The molecule has 0 spiro atoms. The van der Waals surface area contributed by atoms with E-state index in [0.29, 0.717) is 30.2 Å². The van der Waals surface area contributed by atoms with Crippen molar-refractivity contribution in [2.24, 2.45) is 0 Å². The summed E-state index contributed by atoms with van der Waals surface area (Å²) in [5.41, 5.74) is 1.11. The lowest BCUT2D eigenvalue weighted by atomic mass is 10.2. The van der Waals surface area contributed by atoms with Crippen LogP contribution >= 0.6 is 23.4 Å². The van der Waals surface area contributed by atoms with Gasteiger partial charge < -0.3 is 9.64 Å². The van der Waals surface area contributed by atoms with Gasteiger partial charge in [0, 0.05) is 30.8 Å². The molecule has 1 amide bonds. The van der Waals surface area contributed by atoms with Gasteiger partial charge in [0.25, 0.3) is 0 Å². The quantitative estimate of drug-likeness (QED) is 0.688. The Morgan fingerprint density at radius 1 is 1.38 bits per heavy atom. The molecule has 0 aromatic heterocycles. The summed E-state index contributed by atoms with van der Waals surface area (Å²) in [5.74, 6) is 0.988. The molecular weight excluding hydrogens is 310 g/mol. The number of ether oxygens (including phenoxy) is 1. The van der Waals surface area contributed by atoms with Crippen LogP contribution in [0.1, 0.15) is 18.4 Å². The molecule has 0 atom stereocenters. The maximum absolute atomic E-state index is 11.9. The molecule has 0 radical (unpaired) electrons. The maximum atomic E-state index is 11.9. The summed E-state index contributed by atoms with van der Waals surface area (Å²) < 4.78 is 4.56. The third-order valence-electron chi connectivity index (χ3n) is 2.91. The van der Waals surface area contributed by atoms with Gasteiger partial charge >= 0.3 is 5.97 Å². The molecule has 0 aliphatic heterocycles. The minimum absolute atomic E-state index is 0.0619. The lowest BCUT2D eigenvalue weighted by Crippen LogP contribution is -2.29. The summed E-state index contributed by atoms with van der Waals surface area (Å²) in [6.07, 6.45) is 0.956. The van der Waals surface area contributed by atoms with Gasteiger partial charge in [0.2, 0.25) is 5.91 Å². The predicted molar refractivity (Wildman–Crippen MR) is 86.5 cm³/mol. The molecule has 0 saturated heterocycles. The van der Waals surface area contributed by atoms with Gasteiger partial charge in [-0.3, -0.25) is 9.59 Å². The van der Waals surface area contributed by atoms with E-state index in [2.05, 4.69) is 4.74 Å². The van der Waals surface area contributed by atoms with Crippen molar-refractivity contribution in [1.29, 1.82) is 0 Å². The van der Waals surface area contributed by atoms with E-state index in [9.17, 15) is 9.59 Å². The molecule has 0 aliphatic rings. The summed E-state index contributed by atoms with van der Waals surface area (Å²) in [7, 11) is 3.11. The smallest absolute Gasteiger partial charge is 0.305 e. The Balaban J connectivity index is 2.22. The fraction of sp³-hybridized carbons (Fsp3) is 0.467. The highest BCUT2D eigenvalue weighted by molar-refractivity contribution is 7.99. The van der Waals surface area contributed by atoms with Gasteiger partial charge in [-0.1, -0.05) is 23.7 Å². The molecule has 0 aliphatic carbocycles. The molecule has 1 aromatic rings. The van der Waals surface area contributed by atoms with E-state index in [1.54, 1.807) is 23.7 Å². The molecule has 4 nitrogen and oxygen atoms in total. The van der Waals surface area contributed by atoms with Crippen LogP contribution in [0.4, 0.5) is 0 Å². The molecule has 6 heteroatoms. The van der Waals surface area contributed by atoms with Crippen LogP contribution in [0.5, 0.6) is 0 Å². The highest BCUT2D eigenvalue weighted by atomic mass is 35.5. The summed E-state index contributed by atoms with van der Waals surface area (Å²) in [4.78, 5) is 24.5. The fourth-order valence-electron chi connectivity index (χ4n) is 1.68. The van der Waals surface area contributed by atoms with Crippen LogP contribution in [-0.4, -0.2) is 43.2 Å². The van der Waals surface area contributed by atoms with Gasteiger partial charge in [-0.2, -0.15) is 0 Å². The number of halogens is 1. The standard InChI is InChI=1S/C15H20ClNO3S/c1-17(8-4-7-15(19)20-2)14(18)11-21-10-12-5-3-6-13(16)9-12/h3,5-6,9H,4,7-8,10-11H2,1-2H3. The lowest BCUT2D eigenvalue weighted by molar-refractivity contribution is -0.141. The van der Waals surface area contributed by atoms with Gasteiger partial charge in [0.15, 0.2) is 0 Å². The number of esters is 1. The van der Waals surface area contributed by atoms with Gasteiger partial charge in [-0.25, -0.2) is 0 Å². The Hall–Kier alpha value is -1.20. The largest absolute Gasteiger partial charge is 0.469 e. The first-order chi connectivity index (χ1) is 10.0. The summed E-state index contributed by atoms with van der Waals surface area (Å²) in [6, 6.07) is 7.62. The van der Waals surface area contributed by atoms with E-state index < -0.39 is 0 Å². The van der Waals surface area contributed by atoms with Crippen molar-refractivity contribution in [3.63, 3.8) is 0 Å². The van der Waals surface area contributed by atoms with E-state index in [1.165, 1.54) is 7.11 Å². The van der Waals surface area contributed by atoms with E-state index in [0.717, 1.165) is 11.3 Å². The second kappa shape index (κ2) is 9.68. The Kier molecular flexibility index (Phi) is 8.23. The normalized spacial score (nSPS) is 10.2. The van der Waals surface area contributed by atoms with Crippen molar-refractivity contribution < 1.29 is 14.3 Å². The van der Waals surface area contributed by atoms with Crippen LogP contribution in [0, 0.1) is 0 Å². The number of benzene rings is 1. The molecule has 116 valence electrons. The van der Waals surface area contributed by atoms with E-state index in [-0.39, 0.29) is 11.9 Å². The zero-order valence-corrected chi connectivity index (χ0v) is 13.9. The molecule has 0 saturated carbocycles. The average molecular weight is 330 g/mol.